The van der Waals surface area contributed by atoms with Gasteiger partial charge >= 0.3 is 12.0 Å². The molecule has 0 aromatic rings. The maximum Gasteiger partial charge on any atom is 0.326 e. The summed E-state index contributed by atoms with van der Waals surface area (Å²) in [5, 5.41) is 5.40. The Labute approximate surface area is 147 Å². The van der Waals surface area contributed by atoms with Gasteiger partial charge in [0, 0.05) is 6.54 Å². The van der Waals surface area contributed by atoms with Gasteiger partial charge in [-0.05, 0) is 24.7 Å². The van der Waals surface area contributed by atoms with E-state index in [1.54, 1.807) is 0 Å². The van der Waals surface area contributed by atoms with Gasteiger partial charge in [-0.3, -0.25) is 19.3 Å². The van der Waals surface area contributed by atoms with Crippen LogP contribution in [0.5, 0.6) is 0 Å². The molecule has 1 saturated carbocycles. The first kappa shape index (κ1) is 19.2. The summed E-state index contributed by atoms with van der Waals surface area (Å²) >= 11 is 0. The number of esters is 1. The Morgan fingerprint density at radius 3 is 2.72 bits per heavy atom. The SMILES string of the molecule is CC(C)CNC(=O)COC(=O)CN1C(=O)N[C@@]2(CCCC[C@@H]2C)C1=O. The van der Waals surface area contributed by atoms with Crippen LogP contribution in [0.1, 0.15) is 46.5 Å². The van der Waals surface area contributed by atoms with E-state index in [0.717, 1.165) is 24.2 Å². The molecule has 4 amide bonds. The van der Waals surface area contributed by atoms with E-state index < -0.39 is 36.6 Å². The molecular formula is C17H27N3O5. The Hall–Kier alpha value is -2.12. The van der Waals surface area contributed by atoms with Crippen LogP contribution in [0.2, 0.25) is 0 Å². The van der Waals surface area contributed by atoms with Gasteiger partial charge in [0.15, 0.2) is 6.61 Å². The number of nitrogens with zero attached hydrogens (tertiary/aromatic N) is 1. The van der Waals surface area contributed by atoms with Crippen LogP contribution in [0.3, 0.4) is 0 Å². The van der Waals surface area contributed by atoms with Crippen LogP contribution in [0.4, 0.5) is 4.79 Å². The molecule has 1 aliphatic heterocycles. The number of rotatable bonds is 6. The topological polar surface area (TPSA) is 105 Å². The lowest BCUT2D eigenvalue weighted by Crippen LogP contribution is -2.54. The molecule has 0 aromatic heterocycles. The maximum atomic E-state index is 12.7. The Bertz CT molecular complexity index is 562. The Morgan fingerprint density at radius 1 is 1.36 bits per heavy atom. The number of nitrogens with one attached hydrogen (secondary N) is 2. The van der Waals surface area contributed by atoms with Gasteiger partial charge in [-0.15, -0.1) is 0 Å². The zero-order chi connectivity index (χ0) is 18.6. The molecule has 1 spiro atoms. The van der Waals surface area contributed by atoms with Crippen LogP contribution >= 0.6 is 0 Å². The van der Waals surface area contributed by atoms with Crippen molar-refractivity contribution in [2.24, 2.45) is 11.8 Å². The zero-order valence-electron chi connectivity index (χ0n) is 15.1. The molecule has 2 aliphatic rings. The maximum absolute atomic E-state index is 12.7. The number of hydrogen-bond acceptors (Lipinski definition) is 5. The van der Waals surface area contributed by atoms with Crippen molar-refractivity contribution in [1.29, 1.82) is 0 Å². The van der Waals surface area contributed by atoms with Crippen LogP contribution in [-0.4, -0.2) is 54.0 Å². The van der Waals surface area contributed by atoms with Gasteiger partial charge in [0.25, 0.3) is 11.8 Å². The normalized spacial score (nSPS) is 26.1. The summed E-state index contributed by atoms with van der Waals surface area (Å²) in [6, 6.07) is -0.569. The number of ether oxygens (including phenoxy) is 1. The summed E-state index contributed by atoms with van der Waals surface area (Å²) < 4.78 is 4.87. The second-order valence-electron chi connectivity index (χ2n) is 7.30. The molecule has 2 rings (SSSR count). The van der Waals surface area contributed by atoms with Gasteiger partial charge < -0.3 is 15.4 Å². The largest absolute Gasteiger partial charge is 0.454 e. The first-order valence-electron chi connectivity index (χ1n) is 8.82. The highest BCUT2D eigenvalue weighted by molar-refractivity contribution is 6.09. The number of carbonyl (C=O) groups excluding carboxylic acids is 4. The van der Waals surface area contributed by atoms with Crippen molar-refractivity contribution < 1.29 is 23.9 Å². The van der Waals surface area contributed by atoms with Crippen LogP contribution < -0.4 is 10.6 Å². The molecule has 25 heavy (non-hydrogen) atoms. The summed E-state index contributed by atoms with van der Waals surface area (Å²) in [5.41, 5.74) is -0.899. The van der Waals surface area contributed by atoms with Gasteiger partial charge in [0.2, 0.25) is 0 Å². The van der Waals surface area contributed by atoms with Crippen LogP contribution in [0.25, 0.3) is 0 Å². The molecule has 8 heteroatoms. The fourth-order valence-electron chi connectivity index (χ4n) is 3.33. The van der Waals surface area contributed by atoms with E-state index in [-0.39, 0.29) is 11.8 Å². The third-order valence-electron chi connectivity index (χ3n) is 4.86. The molecule has 1 saturated heterocycles. The smallest absolute Gasteiger partial charge is 0.326 e. The van der Waals surface area contributed by atoms with Crippen LogP contribution in [0, 0.1) is 11.8 Å². The van der Waals surface area contributed by atoms with Crippen molar-refractivity contribution in [3.05, 3.63) is 0 Å². The molecule has 1 heterocycles. The zero-order valence-corrected chi connectivity index (χ0v) is 15.1. The highest BCUT2D eigenvalue weighted by atomic mass is 16.5. The minimum absolute atomic E-state index is 0.0283. The molecule has 1 aliphatic carbocycles. The minimum Gasteiger partial charge on any atom is -0.454 e. The Morgan fingerprint density at radius 2 is 2.08 bits per heavy atom. The second-order valence-corrected chi connectivity index (χ2v) is 7.30. The lowest BCUT2D eigenvalue weighted by molar-refractivity contribution is -0.151. The summed E-state index contributed by atoms with van der Waals surface area (Å²) in [5.74, 6) is -1.23. The monoisotopic (exact) mass is 353 g/mol. The molecule has 0 aromatic carbocycles. The van der Waals surface area contributed by atoms with Crippen LogP contribution in [-0.2, 0) is 19.1 Å². The minimum atomic E-state index is -0.899. The average Bonchev–Trinajstić information content (AvgIpc) is 2.79. The molecule has 0 bridgehead atoms. The van der Waals surface area contributed by atoms with Gasteiger partial charge in [-0.1, -0.05) is 33.6 Å². The van der Waals surface area contributed by atoms with Gasteiger partial charge in [0.1, 0.15) is 12.1 Å². The fourth-order valence-corrected chi connectivity index (χ4v) is 3.33. The van der Waals surface area contributed by atoms with E-state index in [0.29, 0.717) is 18.9 Å². The van der Waals surface area contributed by atoms with E-state index in [1.165, 1.54) is 0 Å². The van der Waals surface area contributed by atoms with E-state index in [9.17, 15) is 19.2 Å². The fraction of sp³-hybridized carbons (Fsp3) is 0.765. The highest BCUT2D eigenvalue weighted by Crippen LogP contribution is 2.38. The summed E-state index contributed by atoms with van der Waals surface area (Å²) in [6.07, 6.45) is 3.34. The predicted octanol–water partition coefficient (Wildman–Crippen LogP) is 0.803. The third-order valence-corrected chi connectivity index (χ3v) is 4.86. The van der Waals surface area contributed by atoms with Crippen molar-refractivity contribution in [3.8, 4) is 0 Å². The van der Waals surface area contributed by atoms with E-state index >= 15 is 0 Å². The first-order chi connectivity index (χ1) is 11.8. The van der Waals surface area contributed by atoms with Crippen molar-refractivity contribution >= 4 is 23.8 Å². The quantitative estimate of drug-likeness (QED) is 0.543. The molecule has 2 fully saturated rings. The standard InChI is InChI=1S/C17H27N3O5/c1-11(2)8-18-13(21)10-25-14(22)9-20-15(23)17(19-16(20)24)7-5-4-6-12(17)3/h11-12H,4-10H2,1-3H3,(H,18,21)(H,19,24)/t12-,17+/m0/s1. The molecule has 0 unspecified atom stereocenters. The van der Waals surface area contributed by atoms with Crippen molar-refractivity contribution in [2.45, 2.75) is 52.0 Å². The number of hydrogen-bond donors (Lipinski definition) is 2. The van der Waals surface area contributed by atoms with E-state index in [4.69, 9.17) is 4.74 Å². The third kappa shape index (κ3) is 4.29. The lowest BCUT2D eigenvalue weighted by atomic mass is 9.73. The van der Waals surface area contributed by atoms with E-state index in [1.807, 2.05) is 20.8 Å². The van der Waals surface area contributed by atoms with Crippen molar-refractivity contribution in [3.63, 3.8) is 0 Å². The summed E-state index contributed by atoms with van der Waals surface area (Å²) in [6.45, 7) is 5.44. The van der Waals surface area contributed by atoms with Crippen molar-refractivity contribution in [2.75, 3.05) is 19.7 Å². The Kier molecular flexibility index (Phi) is 6.02. The lowest BCUT2D eigenvalue weighted by Gasteiger charge is -2.36. The summed E-state index contributed by atoms with van der Waals surface area (Å²) in [7, 11) is 0. The molecule has 0 radical (unpaired) electrons. The summed E-state index contributed by atoms with van der Waals surface area (Å²) in [4.78, 5) is 49.2. The molecule has 140 valence electrons. The number of amides is 4. The van der Waals surface area contributed by atoms with Crippen LogP contribution in [0.15, 0.2) is 0 Å². The highest BCUT2D eigenvalue weighted by Gasteiger charge is 2.55. The molecule has 2 atom stereocenters. The average molecular weight is 353 g/mol. The molecule has 8 nitrogen and oxygen atoms in total. The second kappa shape index (κ2) is 7.84. The number of urea groups is 1. The molecule has 2 N–H and O–H groups in total. The number of carbonyl (C=O) groups is 4. The first-order valence-corrected chi connectivity index (χ1v) is 8.82. The molecular weight excluding hydrogens is 326 g/mol. The van der Waals surface area contributed by atoms with Crippen molar-refractivity contribution in [1.82, 2.24) is 15.5 Å². The number of imide groups is 1. The van der Waals surface area contributed by atoms with E-state index in [2.05, 4.69) is 10.6 Å². The van der Waals surface area contributed by atoms with Gasteiger partial charge in [0.05, 0.1) is 0 Å². The predicted molar refractivity (Wildman–Crippen MR) is 89.4 cm³/mol. The Balaban J connectivity index is 1.87. The van der Waals surface area contributed by atoms with Gasteiger partial charge in [-0.25, -0.2) is 4.79 Å². The van der Waals surface area contributed by atoms with Gasteiger partial charge in [-0.2, -0.15) is 0 Å².